The summed E-state index contributed by atoms with van der Waals surface area (Å²) in [7, 11) is 1.70. The second-order valence-corrected chi connectivity index (χ2v) is 7.49. The van der Waals surface area contributed by atoms with Gasteiger partial charge in [0.05, 0.1) is 19.3 Å². The second kappa shape index (κ2) is 8.48. The lowest BCUT2D eigenvalue weighted by molar-refractivity contribution is 0.312. The Kier molecular flexibility index (Phi) is 5.63. The topological polar surface area (TPSA) is 42.3 Å². The van der Waals surface area contributed by atoms with Gasteiger partial charge in [-0.05, 0) is 36.6 Å². The summed E-state index contributed by atoms with van der Waals surface area (Å²) in [5, 5.41) is 8.28. The van der Waals surface area contributed by atoms with Gasteiger partial charge in [0.2, 0.25) is 0 Å². The van der Waals surface area contributed by atoms with Crippen LogP contribution in [0.4, 0.5) is 5.82 Å². The van der Waals surface area contributed by atoms with Crippen molar-refractivity contribution in [3.8, 4) is 5.75 Å². The van der Waals surface area contributed by atoms with E-state index in [4.69, 9.17) is 4.74 Å². The van der Waals surface area contributed by atoms with Crippen molar-refractivity contribution in [2.75, 3.05) is 25.5 Å². The van der Waals surface area contributed by atoms with E-state index in [1.54, 1.807) is 7.11 Å². The molecule has 1 aliphatic rings. The number of nitrogens with zero attached hydrogens (tertiary/aromatic N) is 3. The molecule has 3 aromatic rings. The van der Waals surface area contributed by atoms with Crippen molar-refractivity contribution >= 4 is 5.82 Å². The van der Waals surface area contributed by atoms with Crippen LogP contribution in [-0.4, -0.2) is 34.9 Å². The highest BCUT2D eigenvalue weighted by Gasteiger charge is 2.26. The molecule has 0 saturated carbocycles. The van der Waals surface area contributed by atoms with Gasteiger partial charge in [-0.25, -0.2) is 4.68 Å². The van der Waals surface area contributed by atoms with E-state index in [1.165, 1.54) is 16.7 Å². The maximum Gasteiger partial charge on any atom is 0.127 e. The molecular formula is C23H28N4O. The number of aromatic nitrogens is 2. The van der Waals surface area contributed by atoms with Crippen molar-refractivity contribution < 1.29 is 4.74 Å². The van der Waals surface area contributed by atoms with Crippen molar-refractivity contribution in [2.24, 2.45) is 0 Å². The summed E-state index contributed by atoms with van der Waals surface area (Å²) in [5.41, 5.74) is 3.75. The van der Waals surface area contributed by atoms with Crippen LogP contribution in [0, 0.1) is 6.92 Å². The van der Waals surface area contributed by atoms with Gasteiger partial charge in [-0.3, -0.25) is 4.90 Å². The SMILES string of the molecule is COc1cccc(CNc2c(C)cnn2C2CCN(Cc3ccccc3)C2)c1. The normalized spacial score (nSPS) is 17.0. The Bertz CT molecular complexity index is 906. The summed E-state index contributed by atoms with van der Waals surface area (Å²) >= 11 is 0. The van der Waals surface area contributed by atoms with Crippen LogP contribution in [-0.2, 0) is 13.1 Å². The Morgan fingerprint density at radius 2 is 1.93 bits per heavy atom. The second-order valence-electron chi connectivity index (χ2n) is 7.49. The van der Waals surface area contributed by atoms with Gasteiger partial charge in [0, 0.05) is 31.7 Å². The Morgan fingerprint density at radius 1 is 1.11 bits per heavy atom. The van der Waals surface area contributed by atoms with E-state index in [0.29, 0.717) is 6.04 Å². The highest BCUT2D eigenvalue weighted by Crippen LogP contribution is 2.28. The maximum atomic E-state index is 5.33. The first kappa shape index (κ1) is 18.6. The molecule has 1 fully saturated rings. The van der Waals surface area contributed by atoms with Crippen LogP contribution in [0.5, 0.6) is 5.75 Å². The number of ether oxygens (including phenoxy) is 1. The number of hydrogen-bond donors (Lipinski definition) is 1. The van der Waals surface area contributed by atoms with Gasteiger partial charge < -0.3 is 10.1 Å². The lowest BCUT2D eigenvalue weighted by Crippen LogP contribution is -2.22. The summed E-state index contributed by atoms with van der Waals surface area (Å²) < 4.78 is 7.51. The van der Waals surface area contributed by atoms with Crippen LogP contribution >= 0.6 is 0 Å². The van der Waals surface area contributed by atoms with Crippen molar-refractivity contribution in [1.29, 1.82) is 0 Å². The Balaban J connectivity index is 1.42. The Hall–Kier alpha value is -2.79. The van der Waals surface area contributed by atoms with Gasteiger partial charge in [-0.1, -0.05) is 42.5 Å². The number of benzene rings is 2. The summed E-state index contributed by atoms with van der Waals surface area (Å²) in [4.78, 5) is 2.52. The van der Waals surface area contributed by atoms with Crippen LogP contribution in [0.3, 0.4) is 0 Å². The highest BCUT2D eigenvalue weighted by molar-refractivity contribution is 5.44. The molecule has 5 nitrogen and oxygen atoms in total. The average Bonchev–Trinajstić information content (AvgIpc) is 3.33. The molecule has 1 atom stereocenters. The minimum absolute atomic E-state index is 0.408. The molecule has 1 aromatic heterocycles. The Labute approximate surface area is 166 Å². The van der Waals surface area contributed by atoms with Crippen LogP contribution < -0.4 is 10.1 Å². The summed E-state index contributed by atoms with van der Waals surface area (Å²) in [5.74, 6) is 2.01. The molecule has 146 valence electrons. The molecule has 0 amide bonds. The third-order valence-corrected chi connectivity index (χ3v) is 5.41. The highest BCUT2D eigenvalue weighted by atomic mass is 16.5. The minimum Gasteiger partial charge on any atom is -0.497 e. The van der Waals surface area contributed by atoms with E-state index in [9.17, 15) is 0 Å². The fourth-order valence-electron chi connectivity index (χ4n) is 3.91. The zero-order valence-electron chi connectivity index (χ0n) is 16.6. The monoisotopic (exact) mass is 376 g/mol. The molecule has 4 rings (SSSR count). The zero-order valence-corrected chi connectivity index (χ0v) is 16.6. The first-order valence-electron chi connectivity index (χ1n) is 9.90. The number of aryl methyl sites for hydroxylation is 1. The predicted molar refractivity (Wildman–Crippen MR) is 113 cm³/mol. The van der Waals surface area contributed by atoms with E-state index in [0.717, 1.165) is 44.2 Å². The van der Waals surface area contributed by atoms with E-state index in [2.05, 4.69) is 69.4 Å². The molecule has 0 spiro atoms. The number of hydrogen-bond acceptors (Lipinski definition) is 4. The predicted octanol–water partition coefficient (Wildman–Crippen LogP) is 4.26. The molecule has 1 N–H and O–H groups in total. The number of rotatable bonds is 7. The smallest absolute Gasteiger partial charge is 0.127 e. The first-order valence-corrected chi connectivity index (χ1v) is 9.90. The molecule has 2 aromatic carbocycles. The van der Waals surface area contributed by atoms with E-state index < -0.39 is 0 Å². The van der Waals surface area contributed by atoms with Crippen molar-refractivity contribution in [2.45, 2.75) is 32.5 Å². The number of anilines is 1. The van der Waals surface area contributed by atoms with Gasteiger partial charge in [-0.15, -0.1) is 0 Å². The van der Waals surface area contributed by atoms with E-state index in [1.807, 2.05) is 18.3 Å². The first-order chi connectivity index (χ1) is 13.7. The number of likely N-dealkylation sites (tertiary alicyclic amines) is 1. The molecule has 0 aliphatic carbocycles. The van der Waals surface area contributed by atoms with Crippen LogP contribution in [0.2, 0.25) is 0 Å². The molecule has 5 heteroatoms. The molecule has 2 heterocycles. The molecule has 28 heavy (non-hydrogen) atoms. The minimum atomic E-state index is 0.408. The molecule has 1 aliphatic heterocycles. The molecule has 0 radical (unpaired) electrons. The average molecular weight is 377 g/mol. The van der Waals surface area contributed by atoms with Crippen LogP contribution in [0.15, 0.2) is 60.8 Å². The standard InChI is InChI=1S/C23H28N4O/c1-18-14-25-27(23(18)24-15-20-9-6-10-22(13-20)28-2)21-11-12-26(17-21)16-19-7-4-3-5-8-19/h3-10,13-14,21,24H,11-12,15-17H2,1-2H3. The third kappa shape index (κ3) is 4.20. The van der Waals surface area contributed by atoms with E-state index in [-0.39, 0.29) is 0 Å². The molecular weight excluding hydrogens is 348 g/mol. The zero-order chi connectivity index (χ0) is 19.3. The van der Waals surface area contributed by atoms with Gasteiger partial charge in [0.1, 0.15) is 11.6 Å². The number of methoxy groups -OCH3 is 1. The van der Waals surface area contributed by atoms with E-state index >= 15 is 0 Å². The third-order valence-electron chi connectivity index (χ3n) is 5.41. The fourth-order valence-corrected chi connectivity index (χ4v) is 3.91. The fraction of sp³-hybridized carbons (Fsp3) is 0.348. The van der Waals surface area contributed by atoms with Crippen LogP contribution in [0.1, 0.15) is 29.2 Å². The molecule has 1 unspecified atom stereocenters. The summed E-state index contributed by atoms with van der Waals surface area (Å²) in [6.07, 6.45) is 3.09. The Morgan fingerprint density at radius 3 is 2.75 bits per heavy atom. The lowest BCUT2D eigenvalue weighted by Gasteiger charge is -2.19. The molecule has 0 bridgehead atoms. The van der Waals surface area contributed by atoms with Crippen LogP contribution in [0.25, 0.3) is 0 Å². The van der Waals surface area contributed by atoms with Crippen molar-refractivity contribution in [1.82, 2.24) is 14.7 Å². The quantitative estimate of drug-likeness (QED) is 0.669. The molecule has 1 saturated heterocycles. The largest absolute Gasteiger partial charge is 0.497 e. The van der Waals surface area contributed by atoms with Gasteiger partial charge in [0.15, 0.2) is 0 Å². The lowest BCUT2D eigenvalue weighted by atomic mass is 10.2. The van der Waals surface area contributed by atoms with Crippen molar-refractivity contribution in [3.05, 3.63) is 77.5 Å². The maximum absolute atomic E-state index is 5.33. The van der Waals surface area contributed by atoms with Gasteiger partial charge >= 0.3 is 0 Å². The van der Waals surface area contributed by atoms with Crippen molar-refractivity contribution in [3.63, 3.8) is 0 Å². The summed E-state index contributed by atoms with van der Waals surface area (Å²) in [6.45, 7) is 6.01. The van der Waals surface area contributed by atoms with Gasteiger partial charge in [-0.2, -0.15) is 5.10 Å². The number of nitrogens with one attached hydrogen (secondary N) is 1. The summed E-state index contributed by atoms with van der Waals surface area (Å²) in [6, 6.07) is 19.3. The van der Waals surface area contributed by atoms with Gasteiger partial charge in [0.25, 0.3) is 0 Å².